The lowest BCUT2D eigenvalue weighted by Crippen LogP contribution is -2.56. The van der Waals surface area contributed by atoms with Gasteiger partial charge >= 0.3 is 5.97 Å². The molecule has 174 valence electrons. The second-order valence-corrected chi connectivity index (χ2v) is 10.4. The van der Waals surface area contributed by atoms with Crippen LogP contribution in [0.5, 0.6) is 0 Å². The molecule has 0 aliphatic carbocycles. The fraction of sp³-hybridized carbons (Fsp3) is 0.857. The van der Waals surface area contributed by atoms with E-state index < -0.39 is 28.7 Å². The Hall–Kier alpha value is -1.36. The normalized spacial score (nSPS) is 35.8. The van der Waals surface area contributed by atoms with E-state index >= 15 is 0 Å². The highest BCUT2D eigenvalue weighted by atomic mass is 32.2. The van der Waals surface area contributed by atoms with Crippen LogP contribution < -0.4 is 5.32 Å². The predicted molar refractivity (Wildman–Crippen MR) is 114 cm³/mol. The largest absolute Gasteiger partial charge is 0.466 e. The number of thioether (sulfide) groups is 1. The van der Waals surface area contributed by atoms with Crippen LogP contribution in [0.2, 0.25) is 0 Å². The molecule has 2 amide bonds. The highest BCUT2D eigenvalue weighted by Gasteiger charge is 2.74. The summed E-state index contributed by atoms with van der Waals surface area (Å²) in [6, 6.07) is -1.18. The average molecular weight is 456 g/mol. The summed E-state index contributed by atoms with van der Waals surface area (Å²) >= 11 is 1.61. The summed E-state index contributed by atoms with van der Waals surface area (Å²) in [5, 5.41) is 12.8. The van der Waals surface area contributed by atoms with Crippen LogP contribution in [0.4, 0.5) is 0 Å². The first kappa shape index (κ1) is 22.8. The van der Waals surface area contributed by atoms with Gasteiger partial charge in [0.05, 0.1) is 49.1 Å². The first-order valence-corrected chi connectivity index (χ1v) is 12.2. The minimum atomic E-state index is -0.689. The lowest BCUT2D eigenvalue weighted by molar-refractivity contribution is -0.154. The summed E-state index contributed by atoms with van der Waals surface area (Å²) < 4.78 is 10.0. The van der Waals surface area contributed by atoms with Gasteiger partial charge in [-0.2, -0.15) is 0 Å². The van der Waals surface area contributed by atoms with Crippen LogP contribution in [0.3, 0.4) is 0 Å². The SMILES string of the molecule is CCOC(=O)[C@@H]1[C@@H]2CCC3(S2)C(C(=O)NCCN2CCOCC2)N([C@H](C)CO)C(=O)[C@H]13. The number of fused-ring (bicyclic) bond motifs is 1. The molecule has 4 heterocycles. The third-order valence-electron chi connectivity index (χ3n) is 7.12. The van der Waals surface area contributed by atoms with Crippen molar-refractivity contribution in [3.05, 3.63) is 0 Å². The fourth-order valence-electron chi connectivity index (χ4n) is 5.72. The molecule has 2 bridgehead atoms. The predicted octanol–water partition coefficient (Wildman–Crippen LogP) is -0.530. The molecule has 6 atom stereocenters. The quantitative estimate of drug-likeness (QED) is 0.471. The molecule has 0 aromatic rings. The molecule has 4 aliphatic heterocycles. The Balaban J connectivity index is 1.54. The number of likely N-dealkylation sites (tertiary alicyclic amines) is 1. The number of nitrogens with zero attached hydrogens (tertiary/aromatic N) is 2. The maximum atomic E-state index is 13.5. The molecule has 0 aromatic carbocycles. The minimum Gasteiger partial charge on any atom is -0.466 e. The second kappa shape index (κ2) is 9.25. The second-order valence-electron chi connectivity index (χ2n) is 8.83. The molecule has 2 N–H and O–H groups in total. The van der Waals surface area contributed by atoms with Crippen LogP contribution in [0.25, 0.3) is 0 Å². The smallest absolute Gasteiger partial charge is 0.310 e. The van der Waals surface area contributed by atoms with Crippen molar-refractivity contribution in [2.75, 3.05) is 52.6 Å². The minimum absolute atomic E-state index is 0.00299. The number of hydrogen-bond acceptors (Lipinski definition) is 8. The number of morpholine rings is 1. The lowest BCUT2D eigenvalue weighted by Gasteiger charge is -2.36. The Labute approximate surface area is 187 Å². The number of carbonyl (C=O) groups is 3. The number of aliphatic hydroxyl groups is 1. The number of hydrogen-bond donors (Lipinski definition) is 2. The third kappa shape index (κ3) is 3.85. The number of nitrogens with one attached hydrogen (secondary N) is 1. The maximum absolute atomic E-state index is 13.5. The van der Waals surface area contributed by atoms with Crippen LogP contribution >= 0.6 is 11.8 Å². The Bertz CT molecular complexity index is 717. The molecule has 4 rings (SSSR count). The van der Waals surface area contributed by atoms with Gasteiger partial charge in [0.15, 0.2) is 0 Å². The summed E-state index contributed by atoms with van der Waals surface area (Å²) in [5.41, 5.74) is 0. The van der Waals surface area contributed by atoms with E-state index in [1.807, 2.05) is 0 Å². The lowest BCUT2D eigenvalue weighted by atomic mass is 9.71. The van der Waals surface area contributed by atoms with Gasteiger partial charge < -0.3 is 24.8 Å². The average Bonchev–Trinajstić information content (AvgIpc) is 3.41. The highest BCUT2D eigenvalue weighted by Crippen LogP contribution is 2.66. The van der Waals surface area contributed by atoms with Crippen molar-refractivity contribution in [3.8, 4) is 0 Å². The Kier molecular flexibility index (Phi) is 6.81. The summed E-state index contributed by atoms with van der Waals surface area (Å²) in [6.45, 7) is 7.84. The molecule has 4 aliphatic rings. The van der Waals surface area contributed by atoms with Gasteiger partial charge in [0.1, 0.15) is 6.04 Å². The standard InChI is InChI=1S/C21H33N3O6S/c1-3-30-20(28)15-14-4-5-21(31-14)16(15)19(27)24(13(2)12-25)17(21)18(26)22-6-7-23-8-10-29-11-9-23/h13-17,25H,3-12H2,1-2H3,(H,22,26)/t13-,14+,15-,16+,17?,21?/m1/s1. The van der Waals surface area contributed by atoms with E-state index in [1.54, 1.807) is 25.6 Å². The summed E-state index contributed by atoms with van der Waals surface area (Å²) in [7, 11) is 0. The molecular weight excluding hydrogens is 422 g/mol. The molecule has 4 fully saturated rings. The van der Waals surface area contributed by atoms with Gasteiger partial charge in [-0.3, -0.25) is 19.3 Å². The van der Waals surface area contributed by atoms with Crippen LogP contribution in [0.15, 0.2) is 0 Å². The van der Waals surface area contributed by atoms with E-state index in [-0.39, 0.29) is 36.2 Å². The van der Waals surface area contributed by atoms with Gasteiger partial charge in [-0.05, 0) is 26.7 Å². The number of rotatable bonds is 8. The number of esters is 1. The van der Waals surface area contributed by atoms with E-state index in [1.165, 1.54) is 4.90 Å². The number of ether oxygens (including phenoxy) is 2. The monoisotopic (exact) mass is 455 g/mol. The van der Waals surface area contributed by atoms with Crippen LogP contribution in [0.1, 0.15) is 26.7 Å². The highest BCUT2D eigenvalue weighted by molar-refractivity contribution is 8.02. The number of amides is 2. The van der Waals surface area contributed by atoms with E-state index in [9.17, 15) is 19.5 Å². The first-order valence-electron chi connectivity index (χ1n) is 11.3. The molecular formula is C21H33N3O6S. The molecule has 0 radical (unpaired) electrons. The number of aliphatic hydroxyl groups excluding tert-OH is 1. The Morgan fingerprint density at radius 1 is 1.39 bits per heavy atom. The molecule has 0 saturated carbocycles. The van der Waals surface area contributed by atoms with Gasteiger partial charge in [0.2, 0.25) is 11.8 Å². The van der Waals surface area contributed by atoms with Gasteiger partial charge in [-0.25, -0.2) is 0 Å². The van der Waals surface area contributed by atoms with Crippen molar-refractivity contribution in [1.29, 1.82) is 0 Å². The molecule has 2 unspecified atom stereocenters. The molecule has 10 heteroatoms. The fourth-order valence-corrected chi connectivity index (χ4v) is 7.91. The topological polar surface area (TPSA) is 108 Å². The third-order valence-corrected chi connectivity index (χ3v) is 9.07. The van der Waals surface area contributed by atoms with Crippen LogP contribution in [0, 0.1) is 11.8 Å². The Morgan fingerprint density at radius 3 is 2.81 bits per heavy atom. The zero-order valence-corrected chi connectivity index (χ0v) is 19.1. The van der Waals surface area contributed by atoms with E-state index in [0.717, 1.165) is 26.1 Å². The van der Waals surface area contributed by atoms with Gasteiger partial charge in [-0.15, -0.1) is 11.8 Å². The Morgan fingerprint density at radius 2 is 2.13 bits per heavy atom. The maximum Gasteiger partial charge on any atom is 0.310 e. The van der Waals surface area contributed by atoms with Crippen molar-refractivity contribution < 1.29 is 29.0 Å². The van der Waals surface area contributed by atoms with Gasteiger partial charge in [0, 0.05) is 31.4 Å². The summed E-state index contributed by atoms with van der Waals surface area (Å²) in [5.74, 6) is -1.83. The van der Waals surface area contributed by atoms with Crippen molar-refractivity contribution in [3.63, 3.8) is 0 Å². The zero-order valence-electron chi connectivity index (χ0n) is 18.2. The van der Waals surface area contributed by atoms with E-state index in [2.05, 4.69) is 10.2 Å². The van der Waals surface area contributed by atoms with Crippen molar-refractivity contribution >= 4 is 29.5 Å². The molecule has 4 saturated heterocycles. The van der Waals surface area contributed by atoms with Crippen LogP contribution in [-0.4, -0.2) is 107 Å². The number of carbonyl (C=O) groups excluding carboxylic acids is 3. The molecule has 31 heavy (non-hydrogen) atoms. The summed E-state index contributed by atoms with van der Waals surface area (Å²) in [6.07, 6.45) is 1.50. The van der Waals surface area contributed by atoms with Crippen molar-refractivity contribution in [2.45, 2.75) is 48.8 Å². The van der Waals surface area contributed by atoms with E-state index in [4.69, 9.17) is 9.47 Å². The van der Waals surface area contributed by atoms with E-state index in [0.29, 0.717) is 26.2 Å². The van der Waals surface area contributed by atoms with Crippen molar-refractivity contribution in [1.82, 2.24) is 15.1 Å². The van der Waals surface area contributed by atoms with Gasteiger partial charge in [0.25, 0.3) is 0 Å². The zero-order chi connectivity index (χ0) is 22.2. The molecule has 0 aromatic heterocycles. The van der Waals surface area contributed by atoms with Crippen molar-refractivity contribution in [2.24, 2.45) is 11.8 Å². The first-order chi connectivity index (χ1) is 14.9. The molecule has 9 nitrogen and oxygen atoms in total. The molecule has 1 spiro atoms. The van der Waals surface area contributed by atoms with Gasteiger partial charge in [-0.1, -0.05) is 0 Å². The van der Waals surface area contributed by atoms with Crippen LogP contribution in [-0.2, 0) is 23.9 Å². The summed E-state index contributed by atoms with van der Waals surface area (Å²) in [4.78, 5) is 43.4.